The second-order valence-electron chi connectivity index (χ2n) is 10.0. The van der Waals surface area contributed by atoms with Crippen LogP contribution in [-0.4, -0.2) is 44.6 Å². The number of hydrogen-bond donors (Lipinski definition) is 2. The van der Waals surface area contributed by atoms with Crippen LogP contribution in [0.1, 0.15) is 53.0 Å². The average Bonchev–Trinajstić information content (AvgIpc) is 2.99. The quantitative estimate of drug-likeness (QED) is 0.542. The second kappa shape index (κ2) is 7.13. The molecule has 1 amide bonds. The molecule has 0 bridgehead atoms. The molecule has 3 atom stereocenters. The van der Waals surface area contributed by atoms with E-state index in [1.807, 2.05) is 0 Å². The van der Waals surface area contributed by atoms with E-state index in [0.29, 0.717) is 11.8 Å². The summed E-state index contributed by atoms with van der Waals surface area (Å²) < 4.78 is -0.952. The number of aliphatic carboxylic acids is 2. The molecule has 32 heavy (non-hydrogen) atoms. The van der Waals surface area contributed by atoms with Crippen LogP contribution in [0.3, 0.4) is 0 Å². The molecule has 170 valence electrons. The van der Waals surface area contributed by atoms with Crippen molar-refractivity contribution in [2.75, 3.05) is 0 Å². The van der Waals surface area contributed by atoms with Crippen molar-refractivity contribution in [3.63, 3.8) is 0 Å². The topological polar surface area (TPSA) is 132 Å². The molecule has 0 saturated heterocycles. The van der Waals surface area contributed by atoms with Gasteiger partial charge in [-0.1, -0.05) is 18.2 Å². The molecule has 0 radical (unpaired) electrons. The number of carboxylic acid groups (broad SMARTS) is 3. The first-order valence-electron chi connectivity index (χ1n) is 10.3. The lowest BCUT2D eigenvalue weighted by atomic mass is 9.61. The smallest absolute Gasteiger partial charge is 0.314 e. The van der Waals surface area contributed by atoms with Crippen LogP contribution in [-0.2, 0) is 14.4 Å². The summed E-state index contributed by atoms with van der Waals surface area (Å²) in [6.07, 6.45) is -1.60. The Balaban J connectivity index is 2.59. The van der Waals surface area contributed by atoms with Gasteiger partial charge in [0.1, 0.15) is 11.2 Å². The molecule has 1 aromatic carbocycles. The SMILES string of the molecule is CC1(C(=O)O)CC2=C(C(C=O)=C(c3ccccc3)[N+]2(C(=O)[O-])C(C)(C)C)C(C)(C(=O)O)C1. The van der Waals surface area contributed by atoms with Crippen LogP contribution >= 0.6 is 0 Å². The fourth-order valence-corrected chi connectivity index (χ4v) is 5.49. The first-order chi connectivity index (χ1) is 14.7. The average molecular weight is 441 g/mol. The predicted octanol–water partition coefficient (Wildman–Crippen LogP) is 2.80. The van der Waals surface area contributed by atoms with Crippen LogP contribution in [0.15, 0.2) is 47.2 Å². The monoisotopic (exact) mass is 441 g/mol. The van der Waals surface area contributed by atoms with E-state index in [1.54, 1.807) is 51.1 Å². The number of benzene rings is 1. The van der Waals surface area contributed by atoms with E-state index in [2.05, 4.69) is 0 Å². The molecule has 3 unspecified atom stereocenters. The summed E-state index contributed by atoms with van der Waals surface area (Å²) in [5, 5.41) is 33.2. The Morgan fingerprint density at radius 3 is 2.03 bits per heavy atom. The van der Waals surface area contributed by atoms with Crippen molar-refractivity contribution in [3.8, 4) is 0 Å². The maximum absolute atomic E-state index is 13.0. The van der Waals surface area contributed by atoms with Gasteiger partial charge >= 0.3 is 11.9 Å². The van der Waals surface area contributed by atoms with Gasteiger partial charge in [-0.25, -0.2) is 4.48 Å². The van der Waals surface area contributed by atoms with Gasteiger partial charge in [0.05, 0.1) is 16.4 Å². The summed E-state index contributed by atoms with van der Waals surface area (Å²) >= 11 is 0. The molecular weight excluding hydrogens is 414 g/mol. The highest BCUT2D eigenvalue weighted by molar-refractivity contribution is 6.00. The van der Waals surface area contributed by atoms with Gasteiger partial charge in [0.15, 0.2) is 12.0 Å². The van der Waals surface area contributed by atoms with E-state index < -0.39 is 38.9 Å². The third-order valence-corrected chi connectivity index (χ3v) is 6.84. The molecule has 1 aromatic rings. The Kier molecular flexibility index (Phi) is 5.22. The van der Waals surface area contributed by atoms with Crippen molar-refractivity contribution < 1.29 is 39.0 Å². The number of amides is 1. The van der Waals surface area contributed by atoms with Crippen LogP contribution < -0.4 is 5.11 Å². The third-order valence-electron chi connectivity index (χ3n) is 6.84. The van der Waals surface area contributed by atoms with Crippen molar-refractivity contribution in [2.24, 2.45) is 10.8 Å². The first kappa shape index (κ1) is 23.4. The highest BCUT2D eigenvalue weighted by atomic mass is 16.4. The zero-order chi connectivity index (χ0) is 24.3. The Morgan fingerprint density at radius 2 is 1.62 bits per heavy atom. The molecule has 1 aliphatic carbocycles. The van der Waals surface area contributed by atoms with Gasteiger partial charge in [-0.05, 0) is 53.2 Å². The van der Waals surface area contributed by atoms with E-state index in [1.165, 1.54) is 13.8 Å². The van der Waals surface area contributed by atoms with Crippen molar-refractivity contribution in [1.29, 1.82) is 0 Å². The molecule has 8 heteroatoms. The number of carbonyl (C=O) groups is 4. The number of nitrogens with zero attached hydrogens (tertiary/aromatic N) is 1. The lowest BCUT2D eigenvalue weighted by Crippen LogP contribution is -2.65. The van der Waals surface area contributed by atoms with Crippen molar-refractivity contribution >= 4 is 30.0 Å². The normalized spacial score (nSPS) is 30.2. The van der Waals surface area contributed by atoms with Crippen molar-refractivity contribution in [3.05, 3.63) is 52.7 Å². The highest BCUT2D eigenvalue weighted by Crippen LogP contribution is 2.62. The standard InChI is InChI=1S/C24H27NO7/c1-22(2,3)25(21(31)32)16-11-23(4,19(27)28)13-24(5,20(29)30)17(16)15(12-26)18(25)14-9-7-6-8-10-14/h6-10,12H,11,13H2,1-5H3,(H2-,27,28,29,30,31,32). The molecule has 1 aliphatic heterocycles. The van der Waals surface area contributed by atoms with E-state index in [4.69, 9.17) is 0 Å². The van der Waals surface area contributed by atoms with E-state index in [0.717, 1.165) is 0 Å². The van der Waals surface area contributed by atoms with Crippen molar-refractivity contribution in [1.82, 2.24) is 0 Å². The molecule has 2 aliphatic rings. The van der Waals surface area contributed by atoms with E-state index in [-0.39, 0.29) is 35.4 Å². The minimum atomic E-state index is -1.79. The van der Waals surface area contributed by atoms with Gasteiger partial charge in [0, 0.05) is 17.6 Å². The Bertz CT molecular complexity index is 1100. The molecule has 0 aromatic heterocycles. The number of aldehydes is 1. The fourth-order valence-electron chi connectivity index (χ4n) is 5.49. The number of rotatable bonds is 4. The summed E-state index contributed by atoms with van der Waals surface area (Å²) in [4.78, 5) is 50.2. The molecule has 8 nitrogen and oxygen atoms in total. The van der Waals surface area contributed by atoms with E-state index >= 15 is 0 Å². The van der Waals surface area contributed by atoms with Gasteiger partial charge in [-0.3, -0.25) is 14.4 Å². The Hall–Kier alpha value is -3.26. The lowest BCUT2D eigenvalue weighted by molar-refractivity contribution is -0.820. The van der Waals surface area contributed by atoms with Gasteiger partial charge in [-0.2, -0.15) is 0 Å². The molecule has 0 fully saturated rings. The lowest BCUT2D eigenvalue weighted by Gasteiger charge is -2.50. The predicted molar refractivity (Wildman–Crippen MR) is 113 cm³/mol. The number of hydrogen-bond acceptors (Lipinski definition) is 5. The summed E-state index contributed by atoms with van der Waals surface area (Å²) in [7, 11) is 0. The Morgan fingerprint density at radius 1 is 1.06 bits per heavy atom. The summed E-state index contributed by atoms with van der Waals surface area (Å²) in [6.45, 7) is 7.71. The van der Waals surface area contributed by atoms with Gasteiger partial charge in [-0.15, -0.1) is 0 Å². The molecule has 2 N–H and O–H groups in total. The number of allylic oxidation sites excluding steroid dienone is 2. The van der Waals surface area contributed by atoms with Gasteiger partial charge < -0.3 is 20.1 Å². The maximum Gasteiger partial charge on any atom is 0.314 e. The zero-order valence-electron chi connectivity index (χ0n) is 18.8. The van der Waals surface area contributed by atoms with Crippen LogP contribution in [0.4, 0.5) is 4.79 Å². The fraction of sp³-hybridized carbons (Fsp3) is 0.417. The molecule has 3 rings (SSSR count). The Labute approximate surface area is 186 Å². The maximum atomic E-state index is 13.0. The largest absolute Gasteiger partial charge is 0.498 e. The van der Waals surface area contributed by atoms with Gasteiger partial charge in [0.2, 0.25) is 0 Å². The number of quaternary nitrogens is 1. The van der Waals surface area contributed by atoms with E-state index in [9.17, 15) is 34.5 Å². The zero-order valence-corrected chi connectivity index (χ0v) is 18.8. The summed E-state index contributed by atoms with van der Waals surface area (Å²) in [5.41, 5.74) is -3.87. The third kappa shape index (κ3) is 2.86. The van der Waals surface area contributed by atoms with Crippen LogP contribution in [0.5, 0.6) is 0 Å². The highest BCUT2D eigenvalue weighted by Gasteiger charge is 2.66. The number of carbonyl (C=O) groups excluding carboxylic acids is 2. The molecule has 0 saturated carbocycles. The van der Waals surface area contributed by atoms with Gasteiger partial charge in [0.25, 0.3) is 6.09 Å². The van der Waals surface area contributed by atoms with Crippen molar-refractivity contribution in [2.45, 2.75) is 53.0 Å². The summed E-state index contributed by atoms with van der Waals surface area (Å²) in [6, 6.07) is 8.40. The number of carboxylic acids is 2. The minimum absolute atomic E-state index is 0.0392. The molecule has 0 spiro atoms. The first-order valence-corrected chi connectivity index (χ1v) is 10.3. The second-order valence-corrected chi connectivity index (χ2v) is 10.0. The molecular formula is C24H27NO7. The van der Waals surface area contributed by atoms with Crippen LogP contribution in [0.2, 0.25) is 0 Å². The van der Waals surface area contributed by atoms with Crippen LogP contribution in [0.25, 0.3) is 5.70 Å². The van der Waals surface area contributed by atoms with Crippen LogP contribution in [0, 0.1) is 10.8 Å². The minimum Gasteiger partial charge on any atom is -0.498 e. The summed E-state index contributed by atoms with van der Waals surface area (Å²) in [5.74, 6) is -2.56. The molecule has 1 heterocycles.